The molecule has 0 bridgehead atoms. The van der Waals surface area contributed by atoms with Crippen LogP contribution in [0.2, 0.25) is 0 Å². The van der Waals surface area contributed by atoms with Crippen molar-refractivity contribution in [2.75, 3.05) is 0 Å². The zero-order valence-corrected chi connectivity index (χ0v) is 36.1. The first kappa shape index (κ1) is 41.0. The average Bonchev–Trinajstić information content (AvgIpc) is 3.88. The summed E-state index contributed by atoms with van der Waals surface area (Å²) in [5, 5.41) is 3.41. The molecule has 4 nitrogen and oxygen atoms in total. The Morgan fingerprint density at radius 2 is 1.00 bits per heavy atom. The summed E-state index contributed by atoms with van der Waals surface area (Å²) in [6.07, 6.45) is 0.323. The number of hydrogen-bond acceptors (Lipinski definition) is 2. The zero-order valence-electron chi connectivity index (χ0n) is 36.1. The minimum Gasteiger partial charge on any atom is -0.307 e. The summed E-state index contributed by atoms with van der Waals surface area (Å²) in [7, 11) is 0. The molecule has 0 N–H and O–H groups in total. The lowest BCUT2D eigenvalue weighted by atomic mass is 9.93. The molecule has 11 aromatic rings. The van der Waals surface area contributed by atoms with Crippen LogP contribution in [0.25, 0.3) is 99.8 Å². The van der Waals surface area contributed by atoms with Crippen molar-refractivity contribution in [2.45, 2.75) is 19.0 Å². The molecule has 0 aliphatic carbocycles. The minimum absolute atomic E-state index is 0.230. The summed E-state index contributed by atoms with van der Waals surface area (Å²) in [5.41, 5.74) is 9.33. The van der Waals surface area contributed by atoms with Gasteiger partial charge in [0.15, 0.2) is 0 Å². The van der Waals surface area contributed by atoms with E-state index in [1.54, 1.807) is 6.20 Å². The first-order chi connectivity index (χ1) is 33.2. The molecule has 4 heterocycles. The van der Waals surface area contributed by atoms with Crippen LogP contribution in [0.1, 0.15) is 29.5 Å². The van der Waals surface area contributed by atoms with Gasteiger partial charge in [-0.15, -0.1) is 0 Å². The van der Waals surface area contributed by atoms with E-state index in [4.69, 9.17) is 9.98 Å². The minimum atomic E-state index is -4.92. The van der Waals surface area contributed by atoms with Gasteiger partial charge in [-0.25, -0.2) is 8.78 Å². The maximum atomic E-state index is 15.7. The highest BCUT2D eigenvalue weighted by Crippen LogP contribution is 2.46. The Kier molecular flexibility index (Phi) is 9.76. The van der Waals surface area contributed by atoms with Gasteiger partial charge in [0.1, 0.15) is 11.6 Å². The van der Waals surface area contributed by atoms with Crippen LogP contribution in [0.3, 0.4) is 0 Å². The van der Waals surface area contributed by atoms with Gasteiger partial charge >= 0.3 is 6.18 Å². The van der Waals surface area contributed by atoms with Crippen molar-refractivity contribution in [2.24, 2.45) is 4.99 Å². The molecule has 0 atom stereocenters. The lowest BCUT2D eigenvalue weighted by Gasteiger charge is -2.22. The topological polar surface area (TPSA) is 35.1 Å². The second-order valence-electron chi connectivity index (χ2n) is 17.0. The number of aliphatic imine (C=N–C) groups is 1. The quantitative estimate of drug-likeness (QED) is 0.147. The third kappa shape index (κ3) is 6.89. The molecule has 9 heteroatoms. The predicted molar refractivity (Wildman–Crippen MR) is 265 cm³/mol. The molecule has 3 aromatic heterocycles. The maximum Gasteiger partial charge on any atom is 0.417 e. The van der Waals surface area contributed by atoms with Crippen LogP contribution in [0.4, 0.5) is 22.0 Å². The fraction of sp³-hybridized carbons (Fsp3) is 0.0508. The summed E-state index contributed by atoms with van der Waals surface area (Å²) >= 11 is 0. The van der Waals surface area contributed by atoms with Crippen LogP contribution in [0.15, 0.2) is 199 Å². The van der Waals surface area contributed by atoms with Crippen molar-refractivity contribution >= 4 is 61.1 Å². The number of fused-ring (bicyclic) bond motifs is 6. The Morgan fingerprint density at radius 1 is 0.441 bits per heavy atom. The van der Waals surface area contributed by atoms with Crippen LogP contribution in [-0.2, 0) is 6.18 Å². The van der Waals surface area contributed by atoms with Crippen molar-refractivity contribution in [3.8, 4) is 44.9 Å². The molecule has 328 valence electrons. The summed E-state index contributed by atoms with van der Waals surface area (Å²) in [4.78, 5) is 9.63. The van der Waals surface area contributed by atoms with Gasteiger partial charge in [0.2, 0.25) is 0 Å². The van der Waals surface area contributed by atoms with E-state index in [-0.39, 0.29) is 16.8 Å². The van der Waals surface area contributed by atoms with Gasteiger partial charge in [-0.1, -0.05) is 115 Å². The normalized spacial score (nSPS) is 13.1. The molecule has 0 spiro atoms. The number of benzene rings is 8. The van der Waals surface area contributed by atoms with E-state index >= 15 is 22.0 Å². The predicted octanol–water partition coefficient (Wildman–Crippen LogP) is 16.3. The summed E-state index contributed by atoms with van der Waals surface area (Å²) in [5.74, 6) is -1.97. The first-order valence-corrected chi connectivity index (χ1v) is 22.3. The van der Waals surface area contributed by atoms with Gasteiger partial charge in [-0.3, -0.25) is 9.98 Å². The number of rotatable bonds is 7. The van der Waals surface area contributed by atoms with Crippen LogP contribution in [0, 0.1) is 11.6 Å². The SMILES string of the molecule is Fc1cc(F)cc(-c2cc(-n3c4ccccc4c4cc(-c5cccnc5-c5ccccc5)ccc43)c(-n3c4ccccc4c4cc(C5=C(c6ccccc6)N=CCC5)ccc43)cc2C(F)(F)F)c1. The van der Waals surface area contributed by atoms with Crippen LogP contribution in [-0.4, -0.2) is 20.3 Å². The van der Waals surface area contributed by atoms with Gasteiger partial charge < -0.3 is 9.13 Å². The second kappa shape index (κ2) is 16.2. The molecule has 0 fully saturated rings. The van der Waals surface area contributed by atoms with Crippen LogP contribution >= 0.6 is 0 Å². The summed E-state index contributed by atoms with van der Waals surface area (Å²) in [6.45, 7) is 0. The number of halogens is 5. The van der Waals surface area contributed by atoms with E-state index in [1.807, 2.05) is 161 Å². The molecule has 8 aromatic carbocycles. The Labute approximate surface area is 387 Å². The van der Waals surface area contributed by atoms with E-state index in [9.17, 15) is 0 Å². The van der Waals surface area contributed by atoms with E-state index in [1.165, 1.54) is 6.07 Å². The maximum absolute atomic E-state index is 15.7. The third-order valence-electron chi connectivity index (χ3n) is 13.0. The number of pyridine rings is 1. The van der Waals surface area contributed by atoms with Gasteiger partial charge in [0.05, 0.1) is 50.4 Å². The molecule has 68 heavy (non-hydrogen) atoms. The van der Waals surface area contributed by atoms with E-state index < -0.39 is 23.4 Å². The number of nitrogens with zero attached hydrogens (tertiary/aromatic N) is 4. The van der Waals surface area contributed by atoms with Crippen molar-refractivity contribution in [3.63, 3.8) is 0 Å². The molecule has 1 aliphatic rings. The van der Waals surface area contributed by atoms with Crippen LogP contribution in [0.5, 0.6) is 0 Å². The van der Waals surface area contributed by atoms with Gasteiger partial charge in [-0.05, 0) is 107 Å². The molecule has 12 rings (SSSR count). The second-order valence-corrected chi connectivity index (χ2v) is 17.0. The molecule has 0 radical (unpaired) electrons. The number of hydrogen-bond donors (Lipinski definition) is 0. The standard InChI is InChI=1S/C59H37F5N4/c60-41-29-40(30-42(61)33-41)47-34-55(67-51-21-9-7-17-45(51)48-31-38(23-25-53(48)67)43-19-11-27-65-57(43)36-13-3-1-4-14-36)56(35-50(47)59(62,63)64)68-52-22-10-8-18-46(52)49-32-39(24-26-54(49)68)44-20-12-28-66-58(44)37-15-5-2-6-16-37/h1-11,13-19,21-35H,12,20H2. The highest BCUT2D eigenvalue weighted by atomic mass is 19.4. The van der Waals surface area contributed by atoms with Crippen molar-refractivity contribution in [1.82, 2.24) is 14.1 Å². The molecular weight excluding hydrogens is 860 g/mol. The van der Waals surface area contributed by atoms with E-state index in [0.29, 0.717) is 22.8 Å². The molecular formula is C59H37F5N4. The lowest BCUT2D eigenvalue weighted by Crippen LogP contribution is -2.12. The van der Waals surface area contributed by atoms with Gasteiger partial charge in [0, 0.05) is 56.7 Å². The van der Waals surface area contributed by atoms with Crippen molar-refractivity contribution in [3.05, 3.63) is 223 Å². The van der Waals surface area contributed by atoms with Crippen LogP contribution < -0.4 is 0 Å². The third-order valence-corrected chi connectivity index (χ3v) is 13.0. The smallest absolute Gasteiger partial charge is 0.307 e. The highest BCUT2D eigenvalue weighted by Gasteiger charge is 2.36. The Hall–Kier alpha value is -8.43. The average molecular weight is 897 g/mol. The largest absolute Gasteiger partial charge is 0.417 e. The molecule has 0 saturated heterocycles. The number of alkyl halides is 3. The van der Waals surface area contributed by atoms with Gasteiger partial charge in [-0.2, -0.15) is 13.2 Å². The number of para-hydroxylation sites is 2. The molecule has 1 aliphatic heterocycles. The number of aromatic nitrogens is 3. The van der Waals surface area contributed by atoms with Crippen molar-refractivity contribution < 1.29 is 22.0 Å². The summed E-state index contributed by atoms with van der Waals surface area (Å²) < 4.78 is 81.1. The summed E-state index contributed by atoms with van der Waals surface area (Å²) in [6, 6.07) is 56.7. The lowest BCUT2D eigenvalue weighted by molar-refractivity contribution is -0.137. The highest BCUT2D eigenvalue weighted by molar-refractivity contribution is 6.13. The Balaban J connectivity index is 1.16. The zero-order chi connectivity index (χ0) is 46.1. The molecule has 0 unspecified atom stereocenters. The fourth-order valence-electron chi connectivity index (χ4n) is 10.1. The first-order valence-electron chi connectivity index (χ1n) is 22.3. The van der Waals surface area contributed by atoms with Gasteiger partial charge in [0.25, 0.3) is 0 Å². The molecule has 0 amide bonds. The van der Waals surface area contributed by atoms with E-state index in [0.717, 1.165) is 108 Å². The molecule has 0 saturated carbocycles. The Morgan fingerprint density at radius 3 is 1.65 bits per heavy atom. The Bertz CT molecular complexity index is 3840. The van der Waals surface area contributed by atoms with E-state index in [2.05, 4.69) is 12.1 Å². The monoisotopic (exact) mass is 896 g/mol. The van der Waals surface area contributed by atoms with Crippen molar-refractivity contribution in [1.29, 1.82) is 0 Å². The fourth-order valence-corrected chi connectivity index (χ4v) is 10.1. The number of allylic oxidation sites excluding steroid dienone is 1.